The number of carboxylic acids is 1. The summed E-state index contributed by atoms with van der Waals surface area (Å²) >= 11 is 0. The van der Waals surface area contributed by atoms with Crippen molar-refractivity contribution >= 4 is 18.1 Å². The molecule has 1 heterocycles. The van der Waals surface area contributed by atoms with E-state index < -0.39 is 5.97 Å². The van der Waals surface area contributed by atoms with Gasteiger partial charge < -0.3 is 9.63 Å². The van der Waals surface area contributed by atoms with Crippen molar-refractivity contribution in [2.45, 2.75) is 13.8 Å². The van der Waals surface area contributed by atoms with Crippen LogP contribution in [-0.4, -0.2) is 16.2 Å². The molecule has 0 radical (unpaired) electrons. The molecule has 0 atom stereocenters. The van der Waals surface area contributed by atoms with Crippen molar-refractivity contribution < 1.29 is 14.4 Å². The van der Waals surface area contributed by atoms with Gasteiger partial charge in [-0.1, -0.05) is 47.7 Å². The Morgan fingerprint density at radius 2 is 2.18 bits per heavy atom. The first-order valence-electron chi connectivity index (χ1n) is 6.83. The van der Waals surface area contributed by atoms with Gasteiger partial charge in [0.1, 0.15) is 5.69 Å². The molecule has 4 nitrogen and oxygen atoms in total. The van der Waals surface area contributed by atoms with Gasteiger partial charge in [-0.25, -0.2) is 4.79 Å². The number of nitrogens with zero attached hydrogens (tertiary/aromatic N) is 1. The minimum Gasteiger partial charge on any atom is -0.478 e. The van der Waals surface area contributed by atoms with Gasteiger partial charge in [0.05, 0.1) is 5.56 Å². The Hall–Kier alpha value is -2.88. The van der Waals surface area contributed by atoms with Gasteiger partial charge in [0.15, 0.2) is 5.76 Å². The monoisotopic (exact) mass is 295 g/mol. The Morgan fingerprint density at radius 3 is 2.82 bits per heavy atom. The van der Waals surface area contributed by atoms with Crippen LogP contribution in [0.25, 0.3) is 23.4 Å². The molecule has 0 saturated heterocycles. The maximum absolute atomic E-state index is 11.1. The van der Waals surface area contributed by atoms with Crippen molar-refractivity contribution in [3.05, 3.63) is 65.5 Å². The van der Waals surface area contributed by atoms with Crippen LogP contribution in [0.3, 0.4) is 0 Å². The Labute approximate surface area is 129 Å². The second-order valence-corrected chi connectivity index (χ2v) is 4.77. The third-order valence-electron chi connectivity index (χ3n) is 3.30. The van der Waals surface area contributed by atoms with Gasteiger partial charge >= 0.3 is 5.97 Å². The summed E-state index contributed by atoms with van der Waals surface area (Å²) in [5.41, 5.74) is 3.30. The predicted molar refractivity (Wildman–Crippen MR) is 87.5 cm³/mol. The van der Waals surface area contributed by atoms with Crippen LogP contribution in [0.15, 0.2) is 53.1 Å². The molecule has 0 aliphatic rings. The van der Waals surface area contributed by atoms with E-state index in [0.717, 1.165) is 11.1 Å². The molecule has 0 aliphatic carbocycles. The Kier molecular flexibility index (Phi) is 4.73. The first-order valence-corrected chi connectivity index (χ1v) is 6.83. The zero-order valence-corrected chi connectivity index (χ0v) is 12.5. The Bertz CT molecular complexity index is 766. The lowest BCUT2D eigenvalue weighted by Crippen LogP contribution is -1.96. The molecule has 112 valence electrons. The van der Waals surface area contributed by atoms with E-state index in [-0.39, 0.29) is 5.56 Å². The number of hydrogen-bond acceptors (Lipinski definition) is 3. The predicted octanol–water partition coefficient (Wildman–Crippen LogP) is 4.66. The summed E-state index contributed by atoms with van der Waals surface area (Å²) in [4.78, 5) is 11.1. The van der Waals surface area contributed by atoms with Crippen LogP contribution in [0.5, 0.6) is 0 Å². The molecule has 2 rings (SSSR count). The molecule has 0 unspecified atom stereocenters. The summed E-state index contributed by atoms with van der Waals surface area (Å²) < 4.78 is 5.35. The minimum atomic E-state index is -0.977. The van der Waals surface area contributed by atoms with Gasteiger partial charge in [-0.3, -0.25) is 0 Å². The lowest BCUT2D eigenvalue weighted by Gasteiger charge is -2.00. The average Bonchev–Trinajstić information content (AvgIpc) is 2.95. The molecule has 0 amide bonds. The smallest absolute Gasteiger partial charge is 0.335 e. The van der Waals surface area contributed by atoms with Gasteiger partial charge in [0.2, 0.25) is 0 Å². The van der Waals surface area contributed by atoms with Crippen LogP contribution in [0.1, 0.15) is 35.5 Å². The molecule has 1 N–H and O–H groups in total. The first kappa shape index (κ1) is 15.5. The van der Waals surface area contributed by atoms with Gasteiger partial charge in [-0.2, -0.15) is 0 Å². The van der Waals surface area contributed by atoms with Crippen molar-refractivity contribution in [1.29, 1.82) is 0 Å². The minimum absolute atomic E-state index is 0.206. The number of carboxylic acid groups (broad SMARTS) is 1. The van der Waals surface area contributed by atoms with E-state index in [1.54, 1.807) is 24.3 Å². The molecule has 1 aromatic heterocycles. The summed E-state index contributed by atoms with van der Waals surface area (Å²) in [6.07, 6.45) is 7.39. The maximum atomic E-state index is 11.1. The van der Waals surface area contributed by atoms with E-state index in [0.29, 0.717) is 17.0 Å². The normalized spacial score (nSPS) is 11.8. The van der Waals surface area contributed by atoms with E-state index in [1.165, 1.54) is 6.07 Å². The Morgan fingerprint density at radius 1 is 1.41 bits per heavy atom. The number of hydrogen-bond donors (Lipinski definition) is 1. The molecule has 0 saturated carbocycles. The number of benzene rings is 1. The maximum Gasteiger partial charge on any atom is 0.335 e. The molecule has 0 bridgehead atoms. The summed E-state index contributed by atoms with van der Waals surface area (Å²) in [5.74, 6) is -0.388. The summed E-state index contributed by atoms with van der Waals surface area (Å²) in [5, 5.41) is 13.1. The summed E-state index contributed by atoms with van der Waals surface area (Å²) in [7, 11) is 0. The second kappa shape index (κ2) is 6.72. The third kappa shape index (κ3) is 3.23. The van der Waals surface area contributed by atoms with Crippen molar-refractivity contribution in [2.75, 3.05) is 0 Å². The molecule has 1 aromatic carbocycles. The molecule has 0 fully saturated rings. The molecular formula is C18H17NO3. The standard InChI is InChI=1S/C18H17NO3/c1-4-12(3)9-10-16-15(5-2)17(19-22-16)13-7-6-8-14(11-13)18(20)21/h4-11H,2H2,1,3H3,(H,20,21)/b10-9+,12-4+. The molecule has 4 heteroatoms. The van der Waals surface area contributed by atoms with Crippen molar-refractivity contribution in [1.82, 2.24) is 5.16 Å². The van der Waals surface area contributed by atoms with E-state index in [2.05, 4.69) is 11.7 Å². The van der Waals surface area contributed by atoms with Crippen LogP contribution in [0, 0.1) is 0 Å². The fraction of sp³-hybridized carbons (Fsp3) is 0.111. The van der Waals surface area contributed by atoms with Crippen LogP contribution in [0.2, 0.25) is 0 Å². The topological polar surface area (TPSA) is 63.3 Å². The van der Waals surface area contributed by atoms with Crippen LogP contribution in [-0.2, 0) is 0 Å². The third-order valence-corrected chi connectivity index (χ3v) is 3.30. The van der Waals surface area contributed by atoms with Crippen LogP contribution < -0.4 is 0 Å². The first-order chi connectivity index (χ1) is 10.6. The number of carbonyl (C=O) groups is 1. The highest BCUT2D eigenvalue weighted by atomic mass is 16.5. The lowest BCUT2D eigenvalue weighted by molar-refractivity contribution is 0.0697. The van der Waals surface area contributed by atoms with Gasteiger partial charge in [-0.15, -0.1) is 0 Å². The zero-order valence-electron chi connectivity index (χ0n) is 12.5. The Balaban J connectivity index is 2.47. The lowest BCUT2D eigenvalue weighted by atomic mass is 10.0. The average molecular weight is 295 g/mol. The number of rotatable bonds is 5. The zero-order chi connectivity index (χ0) is 16.1. The van der Waals surface area contributed by atoms with E-state index >= 15 is 0 Å². The molecule has 0 spiro atoms. The van der Waals surface area contributed by atoms with Crippen LogP contribution in [0.4, 0.5) is 0 Å². The van der Waals surface area contributed by atoms with E-state index in [4.69, 9.17) is 9.63 Å². The van der Waals surface area contributed by atoms with Crippen LogP contribution >= 0.6 is 0 Å². The molecule has 22 heavy (non-hydrogen) atoms. The second-order valence-electron chi connectivity index (χ2n) is 4.77. The SMILES string of the molecule is C=Cc1c(-c2cccc(C(=O)O)c2)noc1/C=C/C(C)=C/C. The summed E-state index contributed by atoms with van der Waals surface area (Å²) in [6.45, 7) is 7.73. The molecule has 0 aliphatic heterocycles. The highest BCUT2D eigenvalue weighted by Gasteiger charge is 2.14. The van der Waals surface area contributed by atoms with E-state index in [9.17, 15) is 4.79 Å². The highest BCUT2D eigenvalue weighted by molar-refractivity contribution is 5.90. The van der Waals surface area contributed by atoms with Crippen molar-refractivity contribution in [2.24, 2.45) is 0 Å². The quantitative estimate of drug-likeness (QED) is 0.815. The van der Waals surface area contributed by atoms with E-state index in [1.807, 2.05) is 32.1 Å². The van der Waals surface area contributed by atoms with Crippen molar-refractivity contribution in [3.8, 4) is 11.3 Å². The summed E-state index contributed by atoms with van der Waals surface area (Å²) in [6, 6.07) is 6.58. The van der Waals surface area contributed by atoms with Gasteiger partial charge in [-0.05, 0) is 32.1 Å². The number of aromatic nitrogens is 1. The fourth-order valence-corrected chi connectivity index (χ4v) is 1.94. The van der Waals surface area contributed by atoms with Gasteiger partial charge in [0.25, 0.3) is 0 Å². The largest absolute Gasteiger partial charge is 0.478 e. The number of aromatic carboxylic acids is 1. The highest BCUT2D eigenvalue weighted by Crippen LogP contribution is 2.28. The fourth-order valence-electron chi connectivity index (χ4n) is 1.94. The molecule has 2 aromatic rings. The number of allylic oxidation sites excluding steroid dienone is 3. The van der Waals surface area contributed by atoms with Gasteiger partial charge in [0, 0.05) is 11.1 Å². The molecular weight excluding hydrogens is 278 g/mol. The van der Waals surface area contributed by atoms with Crippen molar-refractivity contribution in [3.63, 3.8) is 0 Å².